The van der Waals surface area contributed by atoms with Crippen molar-refractivity contribution >= 4 is 0 Å². The summed E-state index contributed by atoms with van der Waals surface area (Å²) in [5.41, 5.74) is 2.00. The minimum absolute atomic E-state index is 0.152. The maximum atomic E-state index is 13.3. The molecule has 1 aromatic carbocycles. The lowest BCUT2D eigenvalue weighted by atomic mass is 9.96. The molecule has 0 bridgehead atoms. The average molecular weight is 196 g/mol. The predicted molar refractivity (Wildman–Crippen MR) is 55.7 cm³/mol. The molecule has 1 nitrogen and oxygen atoms in total. The third-order valence-corrected chi connectivity index (χ3v) is 2.43. The van der Waals surface area contributed by atoms with E-state index in [4.69, 9.17) is 0 Å². The number of aliphatic hydroxyl groups excluding tert-OH is 1. The Balaban J connectivity index is 3.12. The van der Waals surface area contributed by atoms with Gasteiger partial charge < -0.3 is 5.11 Å². The fraction of sp³-hybridized carbons (Fsp3) is 0.500. The summed E-state index contributed by atoms with van der Waals surface area (Å²) in [6.07, 6.45) is -0.506. The maximum absolute atomic E-state index is 13.3. The Morgan fingerprint density at radius 3 is 1.93 bits per heavy atom. The van der Waals surface area contributed by atoms with Crippen LogP contribution in [0.15, 0.2) is 12.1 Å². The van der Waals surface area contributed by atoms with Gasteiger partial charge in [0.15, 0.2) is 0 Å². The van der Waals surface area contributed by atoms with Gasteiger partial charge in [0.1, 0.15) is 5.82 Å². The van der Waals surface area contributed by atoms with Crippen LogP contribution in [0.1, 0.15) is 36.6 Å². The van der Waals surface area contributed by atoms with Crippen molar-refractivity contribution in [3.63, 3.8) is 0 Å². The van der Waals surface area contributed by atoms with E-state index in [2.05, 4.69) is 0 Å². The highest BCUT2D eigenvalue weighted by molar-refractivity contribution is 5.31. The number of aliphatic hydroxyl groups is 1. The Kier molecular flexibility index (Phi) is 3.27. The largest absolute Gasteiger partial charge is 0.388 e. The molecule has 0 radical (unpaired) electrons. The highest BCUT2D eigenvalue weighted by Crippen LogP contribution is 2.24. The van der Waals surface area contributed by atoms with Crippen LogP contribution in [0.2, 0.25) is 0 Å². The van der Waals surface area contributed by atoms with Crippen molar-refractivity contribution in [2.75, 3.05) is 0 Å². The summed E-state index contributed by atoms with van der Waals surface area (Å²) < 4.78 is 13.3. The second kappa shape index (κ2) is 4.09. The van der Waals surface area contributed by atoms with Gasteiger partial charge in [-0.3, -0.25) is 0 Å². The van der Waals surface area contributed by atoms with Crippen molar-refractivity contribution in [2.45, 2.75) is 33.8 Å². The molecular weight excluding hydrogens is 179 g/mol. The van der Waals surface area contributed by atoms with E-state index in [1.807, 2.05) is 13.8 Å². The molecule has 1 unspecified atom stereocenters. The van der Waals surface area contributed by atoms with Crippen molar-refractivity contribution < 1.29 is 9.50 Å². The van der Waals surface area contributed by atoms with Crippen LogP contribution in [0.25, 0.3) is 0 Å². The number of hydrogen-bond donors (Lipinski definition) is 1. The van der Waals surface area contributed by atoms with Gasteiger partial charge in [-0.15, -0.1) is 0 Å². The van der Waals surface area contributed by atoms with Crippen molar-refractivity contribution in [3.05, 3.63) is 34.6 Å². The smallest absolute Gasteiger partial charge is 0.129 e. The molecule has 2 heteroatoms. The van der Waals surface area contributed by atoms with Gasteiger partial charge >= 0.3 is 0 Å². The molecule has 0 saturated heterocycles. The molecule has 1 rings (SSSR count). The van der Waals surface area contributed by atoms with Gasteiger partial charge in [-0.25, -0.2) is 4.39 Å². The van der Waals surface area contributed by atoms with Gasteiger partial charge in [0.25, 0.3) is 0 Å². The molecule has 0 spiro atoms. The van der Waals surface area contributed by atoms with Crippen LogP contribution < -0.4 is 0 Å². The average Bonchev–Trinajstić information content (AvgIpc) is 2.12. The van der Waals surface area contributed by atoms with Gasteiger partial charge in [-0.1, -0.05) is 26.0 Å². The van der Waals surface area contributed by atoms with Crippen molar-refractivity contribution in [2.24, 2.45) is 5.92 Å². The third kappa shape index (κ3) is 2.13. The van der Waals surface area contributed by atoms with Gasteiger partial charge in [0.05, 0.1) is 6.10 Å². The first-order valence-electron chi connectivity index (χ1n) is 4.88. The van der Waals surface area contributed by atoms with Crippen molar-refractivity contribution in [1.29, 1.82) is 0 Å². The lowest BCUT2D eigenvalue weighted by molar-refractivity contribution is 0.126. The number of benzene rings is 1. The van der Waals surface area contributed by atoms with E-state index in [1.165, 1.54) is 0 Å². The summed E-state index contributed by atoms with van der Waals surface area (Å²) in [4.78, 5) is 0. The first-order chi connectivity index (χ1) is 6.43. The first kappa shape index (κ1) is 11.2. The molecule has 1 N–H and O–H groups in total. The summed E-state index contributed by atoms with van der Waals surface area (Å²) in [6.45, 7) is 7.33. The molecule has 0 amide bonds. The van der Waals surface area contributed by atoms with Crippen LogP contribution in [-0.4, -0.2) is 5.11 Å². The van der Waals surface area contributed by atoms with Crippen LogP contribution in [0, 0.1) is 25.6 Å². The molecule has 0 aliphatic heterocycles. The molecular formula is C12H17FO. The minimum Gasteiger partial charge on any atom is -0.388 e. The number of halogens is 1. The Hall–Kier alpha value is -0.890. The summed E-state index contributed by atoms with van der Waals surface area (Å²) in [5.74, 6) is -0.0241. The standard InChI is InChI=1S/C12H17FO/c1-7(2)12(14)10-5-8(3)11(13)9(4)6-10/h5-7,12,14H,1-4H3. The summed E-state index contributed by atoms with van der Waals surface area (Å²) in [5, 5.41) is 9.82. The molecule has 1 aromatic rings. The van der Waals surface area contributed by atoms with E-state index in [0.29, 0.717) is 11.1 Å². The van der Waals surface area contributed by atoms with Gasteiger partial charge in [-0.2, -0.15) is 0 Å². The zero-order chi connectivity index (χ0) is 10.9. The third-order valence-electron chi connectivity index (χ3n) is 2.43. The molecule has 0 aliphatic rings. The zero-order valence-corrected chi connectivity index (χ0v) is 9.13. The molecule has 0 fully saturated rings. The van der Waals surface area contributed by atoms with Crippen LogP contribution in [-0.2, 0) is 0 Å². The normalized spacial score (nSPS) is 13.4. The highest BCUT2D eigenvalue weighted by atomic mass is 19.1. The summed E-state index contributed by atoms with van der Waals surface area (Å²) in [7, 11) is 0. The van der Waals surface area contributed by atoms with Crippen LogP contribution in [0.4, 0.5) is 4.39 Å². The monoisotopic (exact) mass is 196 g/mol. The summed E-state index contributed by atoms with van der Waals surface area (Å²) >= 11 is 0. The van der Waals surface area contributed by atoms with Gasteiger partial charge in [0, 0.05) is 0 Å². The van der Waals surface area contributed by atoms with E-state index in [0.717, 1.165) is 5.56 Å². The van der Waals surface area contributed by atoms with Crippen LogP contribution in [0.3, 0.4) is 0 Å². The van der Waals surface area contributed by atoms with Crippen LogP contribution >= 0.6 is 0 Å². The maximum Gasteiger partial charge on any atom is 0.129 e. The van der Waals surface area contributed by atoms with Crippen molar-refractivity contribution in [1.82, 2.24) is 0 Å². The molecule has 1 atom stereocenters. The Bertz CT molecular complexity index is 308. The Morgan fingerprint density at radius 1 is 1.14 bits per heavy atom. The molecule has 78 valence electrons. The topological polar surface area (TPSA) is 20.2 Å². The summed E-state index contributed by atoms with van der Waals surface area (Å²) in [6, 6.07) is 3.43. The quantitative estimate of drug-likeness (QED) is 0.770. The second-order valence-corrected chi connectivity index (χ2v) is 4.16. The molecule has 0 aliphatic carbocycles. The van der Waals surface area contributed by atoms with E-state index >= 15 is 0 Å². The Labute approximate surface area is 84.6 Å². The molecule has 0 heterocycles. The zero-order valence-electron chi connectivity index (χ0n) is 9.13. The fourth-order valence-electron chi connectivity index (χ4n) is 1.54. The molecule has 0 aromatic heterocycles. The van der Waals surface area contributed by atoms with Gasteiger partial charge in [0.2, 0.25) is 0 Å². The van der Waals surface area contributed by atoms with Crippen LogP contribution in [0.5, 0.6) is 0 Å². The van der Waals surface area contributed by atoms with E-state index in [-0.39, 0.29) is 11.7 Å². The Morgan fingerprint density at radius 2 is 1.57 bits per heavy atom. The second-order valence-electron chi connectivity index (χ2n) is 4.16. The fourth-order valence-corrected chi connectivity index (χ4v) is 1.54. The lowest BCUT2D eigenvalue weighted by Crippen LogP contribution is -2.06. The van der Waals surface area contributed by atoms with Gasteiger partial charge in [-0.05, 0) is 36.5 Å². The van der Waals surface area contributed by atoms with E-state index in [9.17, 15) is 9.50 Å². The lowest BCUT2D eigenvalue weighted by Gasteiger charge is -2.16. The predicted octanol–water partition coefficient (Wildman–Crippen LogP) is 3.13. The first-order valence-corrected chi connectivity index (χ1v) is 4.88. The number of aryl methyl sites for hydroxylation is 2. The highest BCUT2D eigenvalue weighted by Gasteiger charge is 2.14. The molecule has 0 saturated carbocycles. The van der Waals surface area contributed by atoms with E-state index in [1.54, 1.807) is 26.0 Å². The van der Waals surface area contributed by atoms with Crippen molar-refractivity contribution in [3.8, 4) is 0 Å². The number of hydrogen-bond acceptors (Lipinski definition) is 1. The van der Waals surface area contributed by atoms with E-state index < -0.39 is 6.10 Å². The molecule has 14 heavy (non-hydrogen) atoms. The minimum atomic E-state index is -0.506. The SMILES string of the molecule is Cc1cc(C(O)C(C)C)cc(C)c1F. The number of rotatable bonds is 2.